The van der Waals surface area contributed by atoms with Crippen LogP contribution in [0.1, 0.15) is 39.5 Å². The molecule has 2 nitrogen and oxygen atoms in total. The van der Waals surface area contributed by atoms with Crippen molar-refractivity contribution in [2.24, 2.45) is 11.7 Å². The molecule has 0 radical (unpaired) electrons. The molecule has 0 saturated carbocycles. The van der Waals surface area contributed by atoms with Gasteiger partial charge in [0.25, 0.3) is 0 Å². The van der Waals surface area contributed by atoms with Crippen LogP contribution in [0.3, 0.4) is 0 Å². The van der Waals surface area contributed by atoms with E-state index in [1.54, 1.807) is 0 Å². The molecule has 1 heterocycles. The van der Waals surface area contributed by atoms with Crippen LogP contribution in [0, 0.1) is 5.92 Å². The second-order valence-corrected chi connectivity index (χ2v) is 5.42. The van der Waals surface area contributed by atoms with E-state index < -0.39 is 0 Å². The zero-order valence-electron chi connectivity index (χ0n) is 10.6. The van der Waals surface area contributed by atoms with Crippen molar-refractivity contribution in [3.05, 3.63) is 22.9 Å². The van der Waals surface area contributed by atoms with E-state index in [0.29, 0.717) is 0 Å². The molecule has 2 rings (SSSR count). The van der Waals surface area contributed by atoms with Crippen LogP contribution >= 0.6 is 0 Å². The monoisotopic (exact) mass is 220 g/mol. The molecule has 1 aliphatic carbocycles. The highest BCUT2D eigenvalue weighted by atomic mass is 15.1. The largest absolute Gasteiger partial charge is 0.399 e. The fraction of sp³-hybridized carbons (Fsp3) is 0.714. The van der Waals surface area contributed by atoms with Gasteiger partial charge in [-0.05, 0) is 62.8 Å². The number of nitrogens with two attached hydrogens (primary N) is 1. The van der Waals surface area contributed by atoms with Crippen molar-refractivity contribution < 1.29 is 0 Å². The molecule has 2 heteroatoms. The van der Waals surface area contributed by atoms with E-state index in [1.807, 2.05) is 0 Å². The molecular weight excluding hydrogens is 196 g/mol. The summed E-state index contributed by atoms with van der Waals surface area (Å²) in [5, 5.41) is 0. The minimum Gasteiger partial charge on any atom is -0.399 e. The second kappa shape index (κ2) is 5.05. The molecule has 1 aliphatic heterocycles. The predicted molar refractivity (Wildman–Crippen MR) is 69.0 cm³/mol. The Morgan fingerprint density at radius 3 is 2.75 bits per heavy atom. The Morgan fingerprint density at radius 1 is 1.38 bits per heavy atom. The Balaban J connectivity index is 1.92. The zero-order valence-corrected chi connectivity index (χ0v) is 10.6. The average molecular weight is 220 g/mol. The molecule has 1 saturated heterocycles. The standard InChI is InChI=1S/C14H24N2/c1-11-6-8-16(9-7-11)10-13-5-3-4-12(2)14(13)15/h5,11H,3-4,6-10,15H2,1-2H3. The Bertz CT molecular complexity index is 307. The number of hydrogen-bond acceptors (Lipinski definition) is 2. The van der Waals surface area contributed by atoms with Crippen LogP contribution in [-0.2, 0) is 0 Å². The molecule has 2 aliphatic rings. The molecular formula is C14H24N2. The summed E-state index contributed by atoms with van der Waals surface area (Å²) >= 11 is 0. The van der Waals surface area contributed by atoms with E-state index >= 15 is 0 Å². The van der Waals surface area contributed by atoms with Gasteiger partial charge < -0.3 is 5.73 Å². The average Bonchev–Trinajstić information content (AvgIpc) is 2.28. The van der Waals surface area contributed by atoms with Gasteiger partial charge in [-0.2, -0.15) is 0 Å². The third kappa shape index (κ3) is 2.67. The van der Waals surface area contributed by atoms with Gasteiger partial charge in [-0.15, -0.1) is 0 Å². The van der Waals surface area contributed by atoms with Crippen LogP contribution in [-0.4, -0.2) is 24.5 Å². The highest BCUT2D eigenvalue weighted by Gasteiger charge is 2.18. The van der Waals surface area contributed by atoms with Gasteiger partial charge in [-0.3, -0.25) is 4.90 Å². The summed E-state index contributed by atoms with van der Waals surface area (Å²) in [6.45, 7) is 8.07. The van der Waals surface area contributed by atoms with Crippen LogP contribution in [0.5, 0.6) is 0 Å². The number of likely N-dealkylation sites (tertiary alicyclic amines) is 1. The summed E-state index contributed by atoms with van der Waals surface area (Å²) in [6.07, 6.45) is 7.34. The predicted octanol–water partition coefficient (Wildman–Crippen LogP) is 2.67. The van der Waals surface area contributed by atoms with E-state index in [9.17, 15) is 0 Å². The number of piperidine rings is 1. The fourth-order valence-electron chi connectivity index (χ4n) is 2.59. The van der Waals surface area contributed by atoms with Crippen LogP contribution in [0.4, 0.5) is 0 Å². The van der Waals surface area contributed by atoms with Crippen LogP contribution in [0.15, 0.2) is 22.9 Å². The molecule has 0 atom stereocenters. The SMILES string of the molecule is CC1=C(N)C(CN2CCC(C)CC2)=CCC1. The lowest BCUT2D eigenvalue weighted by molar-refractivity contribution is 0.206. The Labute approximate surface area is 99.2 Å². The minimum absolute atomic E-state index is 0.909. The number of hydrogen-bond donors (Lipinski definition) is 1. The van der Waals surface area contributed by atoms with Crippen molar-refractivity contribution in [3.8, 4) is 0 Å². The first-order chi connectivity index (χ1) is 7.66. The minimum atomic E-state index is 0.909. The Kier molecular flexibility index (Phi) is 3.70. The molecule has 90 valence electrons. The van der Waals surface area contributed by atoms with E-state index in [4.69, 9.17) is 5.73 Å². The van der Waals surface area contributed by atoms with Crippen molar-refractivity contribution in [2.75, 3.05) is 19.6 Å². The first-order valence-electron chi connectivity index (χ1n) is 6.54. The molecule has 0 unspecified atom stereocenters. The van der Waals surface area contributed by atoms with E-state index in [2.05, 4.69) is 24.8 Å². The molecule has 0 aromatic heterocycles. The van der Waals surface area contributed by atoms with Crippen LogP contribution < -0.4 is 5.73 Å². The molecule has 0 aromatic rings. The van der Waals surface area contributed by atoms with E-state index in [0.717, 1.165) is 24.6 Å². The first-order valence-corrected chi connectivity index (χ1v) is 6.54. The van der Waals surface area contributed by atoms with Crippen molar-refractivity contribution in [1.29, 1.82) is 0 Å². The van der Waals surface area contributed by atoms with Gasteiger partial charge in [0.1, 0.15) is 0 Å². The van der Waals surface area contributed by atoms with Gasteiger partial charge in [-0.1, -0.05) is 13.0 Å². The van der Waals surface area contributed by atoms with Gasteiger partial charge in [0.15, 0.2) is 0 Å². The topological polar surface area (TPSA) is 29.3 Å². The van der Waals surface area contributed by atoms with Crippen molar-refractivity contribution >= 4 is 0 Å². The smallest absolute Gasteiger partial charge is 0.0345 e. The maximum Gasteiger partial charge on any atom is 0.0345 e. The van der Waals surface area contributed by atoms with Gasteiger partial charge in [0.05, 0.1) is 0 Å². The van der Waals surface area contributed by atoms with Crippen molar-refractivity contribution in [1.82, 2.24) is 4.90 Å². The third-order valence-electron chi connectivity index (χ3n) is 3.99. The normalized spacial score (nSPS) is 24.8. The second-order valence-electron chi connectivity index (χ2n) is 5.42. The maximum absolute atomic E-state index is 6.15. The molecule has 0 bridgehead atoms. The van der Waals surface area contributed by atoms with E-state index in [1.165, 1.54) is 43.5 Å². The number of nitrogens with zero attached hydrogens (tertiary/aromatic N) is 1. The lowest BCUT2D eigenvalue weighted by atomic mass is 9.95. The highest BCUT2D eigenvalue weighted by molar-refractivity contribution is 5.36. The summed E-state index contributed by atoms with van der Waals surface area (Å²) in [6, 6.07) is 0. The van der Waals surface area contributed by atoms with Gasteiger partial charge in [0.2, 0.25) is 0 Å². The summed E-state index contributed by atoms with van der Waals surface area (Å²) in [4.78, 5) is 2.55. The summed E-state index contributed by atoms with van der Waals surface area (Å²) in [7, 11) is 0. The van der Waals surface area contributed by atoms with E-state index in [-0.39, 0.29) is 0 Å². The molecule has 0 amide bonds. The molecule has 0 spiro atoms. The van der Waals surface area contributed by atoms with Crippen molar-refractivity contribution in [2.45, 2.75) is 39.5 Å². The van der Waals surface area contributed by atoms with Crippen molar-refractivity contribution in [3.63, 3.8) is 0 Å². The lowest BCUT2D eigenvalue weighted by Crippen LogP contribution is -2.35. The van der Waals surface area contributed by atoms with Gasteiger partial charge >= 0.3 is 0 Å². The van der Waals surface area contributed by atoms with Gasteiger partial charge in [0, 0.05) is 12.2 Å². The molecule has 2 N–H and O–H groups in total. The maximum atomic E-state index is 6.15. The summed E-state index contributed by atoms with van der Waals surface area (Å²) in [5.41, 5.74) is 9.96. The molecule has 1 fully saturated rings. The molecule has 0 aromatic carbocycles. The quantitative estimate of drug-likeness (QED) is 0.775. The van der Waals surface area contributed by atoms with Crippen LogP contribution in [0.25, 0.3) is 0 Å². The molecule has 16 heavy (non-hydrogen) atoms. The fourth-order valence-corrected chi connectivity index (χ4v) is 2.59. The lowest BCUT2D eigenvalue weighted by Gasteiger charge is -2.31. The first kappa shape index (κ1) is 11.7. The van der Waals surface area contributed by atoms with Gasteiger partial charge in [-0.25, -0.2) is 0 Å². The Hall–Kier alpha value is -0.760. The number of allylic oxidation sites excluding steroid dienone is 2. The highest BCUT2D eigenvalue weighted by Crippen LogP contribution is 2.24. The summed E-state index contributed by atoms with van der Waals surface area (Å²) < 4.78 is 0. The number of rotatable bonds is 2. The Morgan fingerprint density at radius 2 is 2.06 bits per heavy atom. The zero-order chi connectivity index (χ0) is 11.5. The third-order valence-corrected chi connectivity index (χ3v) is 3.99. The van der Waals surface area contributed by atoms with Crippen LogP contribution in [0.2, 0.25) is 0 Å². The summed E-state index contributed by atoms with van der Waals surface area (Å²) in [5.74, 6) is 0.909.